The Balaban J connectivity index is 0.000000118. The van der Waals surface area contributed by atoms with E-state index in [4.69, 9.17) is 14.2 Å². The average molecular weight is 661 g/mol. The second-order valence-corrected chi connectivity index (χ2v) is 19.1. The molecule has 10 aliphatic carbocycles. The highest BCUT2D eigenvalue weighted by molar-refractivity contribution is 5.92. The molecule has 2 heterocycles. The third kappa shape index (κ3) is 3.82. The number of ketones is 1. The normalized spacial score (nSPS) is 55.7. The molecule has 4 heteroatoms. The molecular formula is C45H56O4. The Hall–Kier alpha value is -2.17. The molecule has 6 saturated carbocycles. The lowest BCUT2D eigenvalue weighted by atomic mass is 9.50. The second-order valence-electron chi connectivity index (χ2n) is 19.1. The molecule has 0 bridgehead atoms. The minimum Gasteiger partial charge on any atom is -0.501 e. The van der Waals surface area contributed by atoms with E-state index in [1.165, 1.54) is 62.7 Å². The first kappa shape index (κ1) is 30.5. The minimum atomic E-state index is 0.0415. The van der Waals surface area contributed by atoms with E-state index in [0.29, 0.717) is 28.4 Å². The molecule has 12 aliphatic rings. The standard InChI is InChI=1S/C23H30O2.C22H26O2/c1-22-10-8-17-16-7-5-15(24-2)12-14(16)4-6-18(17)21(22)19-13-20(19)23(22)9-3-11-25-23;1-21-9-7-16-15-6-4-14(23)11-13(15)3-5-17(16)20(21)18-12-19(18)22(21)8-2-10-24-22/h3-4,9,12,16-21H,5-8,10-11,13H2,1-2H3;2-3,5,8,11,15-20H,4,6-7,9-10,12H2,1H3/t16?,17?,18?,19?,20?,21?,22-,23-;15?,16?,17?,18?,19?,20?,21-,22-/m00/s1. The van der Waals surface area contributed by atoms with Crippen LogP contribution in [0.25, 0.3) is 0 Å². The van der Waals surface area contributed by atoms with E-state index >= 15 is 0 Å². The number of rotatable bonds is 1. The fraction of sp³-hybridized carbons (Fsp3) is 0.711. The summed E-state index contributed by atoms with van der Waals surface area (Å²) in [5.41, 5.74) is 3.73. The summed E-state index contributed by atoms with van der Waals surface area (Å²) in [4.78, 5) is 11.8. The largest absolute Gasteiger partial charge is 0.501 e. The lowest BCUT2D eigenvalue weighted by molar-refractivity contribution is -0.127. The average Bonchev–Trinajstić information content (AvgIpc) is 3.90. The van der Waals surface area contributed by atoms with Gasteiger partial charge in [0.25, 0.3) is 0 Å². The summed E-state index contributed by atoms with van der Waals surface area (Å²) >= 11 is 0. The molecule has 6 fully saturated rings. The van der Waals surface area contributed by atoms with Crippen molar-refractivity contribution in [2.24, 2.45) is 81.8 Å². The zero-order valence-corrected chi connectivity index (χ0v) is 29.9. The van der Waals surface area contributed by atoms with Crippen molar-refractivity contribution in [1.82, 2.24) is 0 Å². The van der Waals surface area contributed by atoms with Gasteiger partial charge in [0.05, 0.1) is 37.3 Å². The predicted molar refractivity (Wildman–Crippen MR) is 190 cm³/mol. The molecule has 12 rings (SSSR count). The van der Waals surface area contributed by atoms with Crippen LogP contribution in [0.15, 0.2) is 71.6 Å². The Labute approximate surface area is 293 Å². The molecule has 260 valence electrons. The van der Waals surface area contributed by atoms with E-state index in [0.717, 1.165) is 91.7 Å². The minimum absolute atomic E-state index is 0.0415. The van der Waals surface area contributed by atoms with E-state index < -0.39 is 0 Å². The van der Waals surface area contributed by atoms with Crippen molar-refractivity contribution in [2.45, 2.75) is 95.7 Å². The highest BCUT2D eigenvalue weighted by Crippen LogP contribution is 2.78. The molecule has 4 nitrogen and oxygen atoms in total. The Morgan fingerprint density at radius 3 is 2.08 bits per heavy atom. The van der Waals surface area contributed by atoms with Gasteiger partial charge in [-0.3, -0.25) is 4.79 Å². The Bertz CT molecular complexity index is 1660. The van der Waals surface area contributed by atoms with Crippen LogP contribution in [0.1, 0.15) is 84.5 Å². The van der Waals surface area contributed by atoms with Crippen molar-refractivity contribution in [3.63, 3.8) is 0 Å². The maximum Gasteiger partial charge on any atom is 0.155 e. The predicted octanol–water partition coefficient (Wildman–Crippen LogP) is 8.97. The molecule has 12 unspecified atom stereocenters. The van der Waals surface area contributed by atoms with Gasteiger partial charge in [-0.25, -0.2) is 0 Å². The molecule has 2 spiro atoms. The van der Waals surface area contributed by atoms with Crippen LogP contribution in [0.2, 0.25) is 0 Å². The quantitative estimate of drug-likeness (QED) is 0.264. The van der Waals surface area contributed by atoms with Crippen LogP contribution in [-0.2, 0) is 19.0 Å². The summed E-state index contributed by atoms with van der Waals surface area (Å²) in [6, 6.07) is 0. The first-order valence-electron chi connectivity index (χ1n) is 20.3. The topological polar surface area (TPSA) is 44.8 Å². The zero-order valence-electron chi connectivity index (χ0n) is 29.9. The lowest BCUT2D eigenvalue weighted by Gasteiger charge is -2.56. The van der Waals surface area contributed by atoms with E-state index in [9.17, 15) is 4.79 Å². The number of allylic oxidation sites excluding steroid dienone is 8. The van der Waals surface area contributed by atoms with Crippen LogP contribution in [-0.4, -0.2) is 37.3 Å². The molecule has 2 aliphatic heterocycles. The van der Waals surface area contributed by atoms with Crippen molar-refractivity contribution in [2.75, 3.05) is 20.3 Å². The van der Waals surface area contributed by atoms with Crippen LogP contribution in [0.5, 0.6) is 0 Å². The van der Waals surface area contributed by atoms with E-state index in [-0.39, 0.29) is 11.2 Å². The summed E-state index contributed by atoms with van der Waals surface area (Å²) in [5.74, 6) is 11.2. The fourth-order valence-corrected chi connectivity index (χ4v) is 15.9. The molecule has 0 aromatic heterocycles. The summed E-state index contributed by atoms with van der Waals surface area (Å²) < 4.78 is 18.5. The van der Waals surface area contributed by atoms with Gasteiger partial charge in [0.2, 0.25) is 0 Å². The van der Waals surface area contributed by atoms with Gasteiger partial charge in [-0.2, -0.15) is 0 Å². The van der Waals surface area contributed by atoms with Gasteiger partial charge in [0, 0.05) is 23.7 Å². The Kier molecular flexibility index (Phi) is 6.37. The summed E-state index contributed by atoms with van der Waals surface area (Å²) in [5, 5.41) is 0. The summed E-state index contributed by atoms with van der Waals surface area (Å²) in [6.07, 6.45) is 34.8. The van der Waals surface area contributed by atoms with Gasteiger partial charge < -0.3 is 14.2 Å². The fourth-order valence-electron chi connectivity index (χ4n) is 15.9. The monoisotopic (exact) mass is 660 g/mol. The molecule has 0 saturated heterocycles. The van der Waals surface area contributed by atoms with Crippen molar-refractivity contribution in [3.05, 3.63) is 71.6 Å². The van der Waals surface area contributed by atoms with Crippen molar-refractivity contribution in [3.8, 4) is 0 Å². The highest BCUT2D eigenvalue weighted by Gasteiger charge is 2.77. The first-order chi connectivity index (χ1) is 23.8. The second kappa shape index (κ2) is 10.2. The van der Waals surface area contributed by atoms with E-state index in [1.54, 1.807) is 5.57 Å². The summed E-state index contributed by atoms with van der Waals surface area (Å²) in [6.45, 7) is 6.77. The number of carbonyl (C=O) groups excluding carboxylic acids is 1. The van der Waals surface area contributed by atoms with Gasteiger partial charge in [-0.05, 0) is 152 Å². The van der Waals surface area contributed by atoms with Gasteiger partial charge in [-0.1, -0.05) is 56.4 Å². The first-order valence-corrected chi connectivity index (χ1v) is 20.3. The maximum atomic E-state index is 11.8. The summed E-state index contributed by atoms with van der Waals surface area (Å²) in [7, 11) is 1.82. The third-order valence-electron chi connectivity index (χ3n) is 17.8. The number of carbonyl (C=O) groups is 1. The number of hydrogen-bond acceptors (Lipinski definition) is 4. The van der Waals surface area contributed by atoms with Crippen LogP contribution < -0.4 is 0 Å². The Morgan fingerprint density at radius 2 is 1.39 bits per heavy atom. The van der Waals surface area contributed by atoms with Gasteiger partial charge in [0.1, 0.15) is 0 Å². The molecule has 16 atom stereocenters. The molecule has 0 amide bonds. The number of fused-ring (bicyclic) bond motifs is 18. The smallest absolute Gasteiger partial charge is 0.155 e. The molecule has 0 aromatic rings. The lowest BCUT2D eigenvalue weighted by Crippen LogP contribution is -2.54. The zero-order chi connectivity index (χ0) is 32.9. The van der Waals surface area contributed by atoms with E-state index in [1.807, 2.05) is 13.2 Å². The SMILES string of the molecule is COC1=CC2=CCC3C(CC[C@@]4(C)C3C3CC3[C@@]43C=CCO3)C2CC1.C[C@]12CCC3C4CCC(=O)C=C4C=CC3C1C1CC1[C@@]21C=CCO1. The van der Waals surface area contributed by atoms with Crippen molar-refractivity contribution >= 4 is 5.78 Å². The molecule has 49 heavy (non-hydrogen) atoms. The van der Waals surface area contributed by atoms with Crippen LogP contribution in [0, 0.1) is 81.8 Å². The maximum absolute atomic E-state index is 11.8. The number of ether oxygens (including phenoxy) is 3. The van der Waals surface area contributed by atoms with Gasteiger partial charge in [0.15, 0.2) is 5.78 Å². The third-order valence-corrected chi connectivity index (χ3v) is 17.8. The van der Waals surface area contributed by atoms with Crippen LogP contribution in [0.4, 0.5) is 0 Å². The number of methoxy groups -OCH3 is 1. The molecule has 0 aromatic carbocycles. The van der Waals surface area contributed by atoms with E-state index in [2.05, 4.69) is 62.5 Å². The number of hydrogen-bond donors (Lipinski definition) is 0. The molecule has 0 N–H and O–H groups in total. The van der Waals surface area contributed by atoms with Gasteiger partial charge >= 0.3 is 0 Å². The van der Waals surface area contributed by atoms with Gasteiger partial charge in [-0.15, -0.1) is 0 Å². The highest BCUT2D eigenvalue weighted by atomic mass is 16.5. The molecular weight excluding hydrogens is 604 g/mol. The van der Waals surface area contributed by atoms with Crippen molar-refractivity contribution < 1.29 is 19.0 Å². The Morgan fingerprint density at radius 1 is 0.735 bits per heavy atom. The molecule has 0 radical (unpaired) electrons. The van der Waals surface area contributed by atoms with Crippen molar-refractivity contribution in [1.29, 1.82) is 0 Å². The van der Waals surface area contributed by atoms with Crippen LogP contribution >= 0.6 is 0 Å². The van der Waals surface area contributed by atoms with Crippen LogP contribution in [0.3, 0.4) is 0 Å².